The lowest BCUT2D eigenvalue weighted by molar-refractivity contribution is -0.144. The van der Waals surface area contributed by atoms with Crippen molar-refractivity contribution in [3.8, 4) is 6.07 Å². The van der Waals surface area contributed by atoms with E-state index in [0.29, 0.717) is 15.7 Å². The van der Waals surface area contributed by atoms with Gasteiger partial charge in [-0.25, -0.2) is 9.59 Å². The third kappa shape index (κ3) is 3.32. The fraction of sp³-hybridized carbons (Fsp3) is 0.308. The van der Waals surface area contributed by atoms with Gasteiger partial charge in [0.1, 0.15) is 0 Å². The molecule has 0 spiro atoms. The number of aliphatic carboxylic acids is 1. The number of urea groups is 1. The molecule has 1 atom stereocenters. The topological polar surface area (TPSA) is 111 Å². The quantitative estimate of drug-likeness (QED) is 0.765. The summed E-state index contributed by atoms with van der Waals surface area (Å²) in [6.45, 7) is 0.220. The Morgan fingerprint density at radius 1 is 1.48 bits per heavy atom. The van der Waals surface area contributed by atoms with Gasteiger partial charge in [-0.3, -0.25) is 0 Å². The standard InChI is InChI=1S/C13H12BrN3O4/c14-9-5-8(6-15)1-2-10(9)16-12(20)17-13(11(18)19)3-4-21-7-13/h1-2,5H,3-4,7H2,(H,18,19)(H2,16,17,20). The summed E-state index contributed by atoms with van der Waals surface area (Å²) in [7, 11) is 0. The number of rotatable bonds is 3. The number of carboxylic acids is 1. The zero-order valence-corrected chi connectivity index (χ0v) is 12.4. The van der Waals surface area contributed by atoms with E-state index in [2.05, 4.69) is 26.6 Å². The number of benzene rings is 1. The third-order valence-electron chi connectivity index (χ3n) is 3.13. The van der Waals surface area contributed by atoms with E-state index in [1.807, 2.05) is 6.07 Å². The van der Waals surface area contributed by atoms with Gasteiger partial charge in [0.05, 0.1) is 23.9 Å². The molecule has 0 aromatic heterocycles. The lowest BCUT2D eigenvalue weighted by Gasteiger charge is -2.24. The number of hydrogen-bond donors (Lipinski definition) is 3. The van der Waals surface area contributed by atoms with Crippen LogP contribution in [0.2, 0.25) is 0 Å². The molecule has 8 heteroatoms. The van der Waals surface area contributed by atoms with Crippen LogP contribution in [0, 0.1) is 11.3 Å². The van der Waals surface area contributed by atoms with Gasteiger partial charge in [0.2, 0.25) is 0 Å². The summed E-state index contributed by atoms with van der Waals surface area (Å²) in [5.41, 5.74) is -0.520. The molecule has 1 aromatic rings. The van der Waals surface area contributed by atoms with Crippen LogP contribution < -0.4 is 10.6 Å². The Bertz CT molecular complexity index is 620. The summed E-state index contributed by atoms with van der Waals surface area (Å²) < 4.78 is 5.59. The van der Waals surface area contributed by atoms with Crippen molar-refractivity contribution >= 4 is 33.6 Å². The van der Waals surface area contributed by atoms with E-state index < -0.39 is 17.5 Å². The van der Waals surface area contributed by atoms with E-state index in [1.54, 1.807) is 18.2 Å². The molecule has 2 amide bonds. The van der Waals surface area contributed by atoms with Gasteiger partial charge in [-0.2, -0.15) is 5.26 Å². The van der Waals surface area contributed by atoms with Gasteiger partial charge in [0.25, 0.3) is 0 Å². The molecule has 1 fully saturated rings. The second-order valence-electron chi connectivity index (χ2n) is 4.58. The number of anilines is 1. The molecule has 1 aliphatic rings. The number of nitriles is 1. The average molecular weight is 354 g/mol. The van der Waals surface area contributed by atoms with Crippen LogP contribution in [0.1, 0.15) is 12.0 Å². The van der Waals surface area contributed by atoms with Crippen molar-refractivity contribution in [1.82, 2.24) is 5.32 Å². The number of amides is 2. The molecule has 3 N–H and O–H groups in total. The Morgan fingerprint density at radius 2 is 2.24 bits per heavy atom. The van der Waals surface area contributed by atoms with Crippen molar-refractivity contribution in [3.05, 3.63) is 28.2 Å². The van der Waals surface area contributed by atoms with E-state index in [1.165, 1.54) is 0 Å². The van der Waals surface area contributed by atoms with Crippen LogP contribution >= 0.6 is 15.9 Å². The fourth-order valence-electron chi connectivity index (χ4n) is 1.94. The highest BCUT2D eigenvalue weighted by Crippen LogP contribution is 2.24. The average Bonchev–Trinajstić information content (AvgIpc) is 2.90. The summed E-state index contributed by atoms with van der Waals surface area (Å²) in [5, 5.41) is 23.0. The Balaban J connectivity index is 2.08. The highest BCUT2D eigenvalue weighted by molar-refractivity contribution is 9.10. The molecule has 2 rings (SSSR count). The Kier molecular flexibility index (Phi) is 4.45. The fourth-order valence-corrected chi connectivity index (χ4v) is 2.42. The summed E-state index contributed by atoms with van der Waals surface area (Å²) in [6.07, 6.45) is 0.213. The Labute approximate surface area is 129 Å². The van der Waals surface area contributed by atoms with Crippen LogP contribution in [0.5, 0.6) is 0 Å². The van der Waals surface area contributed by atoms with Crippen molar-refractivity contribution in [3.63, 3.8) is 0 Å². The van der Waals surface area contributed by atoms with Crippen LogP contribution in [0.3, 0.4) is 0 Å². The predicted octanol–water partition coefficient (Wildman–Crippen LogP) is 1.69. The molecule has 110 valence electrons. The van der Waals surface area contributed by atoms with Crippen molar-refractivity contribution in [2.24, 2.45) is 0 Å². The van der Waals surface area contributed by atoms with Crippen LogP contribution in [-0.2, 0) is 9.53 Å². The summed E-state index contributed by atoms with van der Waals surface area (Å²) in [6, 6.07) is 5.99. The van der Waals surface area contributed by atoms with Crippen LogP contribution in [0.15, 0.2) is 22.7 Å². The lowest BCUT2D eigenvalue weighted by Crippen LogP contribution is -2.56. The molecule has 0 radical (unpaired) electrons. The molecule has 0 saturated carbocycles. The van der Waals surface area contributed by atoms with Crippen LogP contribution in [-0.4, -0.2) is 35.9 Å². The normalized spacial score (nSPS) is 20.6. The first-order valence-electron chi connectivity index (χ1n) is 6.07. The SMILES string of the molecule is N#Cc1ccc(NC(=O)NC2(C(=O)O)CCOC2)c(Br)c1. The highest BCUT2D eigenvalue weighted by atomic mass is 79.9. The van der Waals surface area contributed by atoms with Crippen molar-refractivity contribution in [2.45, 2.75) is 12.0 Å². The van der Waals surface area contributed by atoms with Gasteiger partial charge >= 0.3 is 12.0 Å². The van der Waals surface area contributed by atoms with Crippen LogP contribution in [0.25, 0.3) is 0 Å². The first-order chi connectivity index (χ1) is 9.97. The van der Waals surface area contributed by atoms with E-state index in [9.17, 15) is 14.7 Å². The smallest absolute Gasteiger partial charge is 0.332 e. The molecule has 1 aliphatic heterocycles. The number of carbonyl (C=O) groups excluding carboxylic acids is 1. The minimum absolute atomic E-state index is 0.0652. The minimum Gasteiger partial charge on any atom is -0.479 e. The number of nitrogens with zero attached hydrogens (tertiary/aromatic N) is 1. The number of hydrogen-bond acceptors (Lipinski definition) is 4. The van der Waals surface area contributed by atoms with Gasteiger partial charge in [0, 0.05) is 17.5 Å². The second kappa shape index (κ2) is 6.11. The van der Waals surface area contributed by atoms with Gasteiger partial charge < -0.3 is 20.5 Å². The van der Waals surface area contributed by atoms with Crippen molar-refractivity contribution in [1.29, 1.82) is 5.26 Å². The van der Waals surface area contributed by atoms with Crippen LogP contribution in [0.4, 0.5) is 10.5 Å². The van der Waals surface area contributed by atoms with Crippen molar-refractivity contribution < 1.29 is 19.4 Å². The number of ether oxygens (including phenoxy) is 1. The molecule has 1 unspecified atom stereocenters. The molecule has 0 bridgehead atoms. The first-order valence-corrected chi connectivity index (χ1v) is 6.86. The molecule has 21 heavy (non-hydrogen) atoms. The molecule has 1 saturated heterocycles. The molecular weight excluding hydrogens is 342 g/mol. The predicted molar refractivity (Wildman–Crippen MR) is 76.8 cm³/mol. The Hall–Kier alpha value is -2.11. The minimum atomic E-state index is -1.40. The third-order valence-corrected chi connectivity index (χ3v) is 3.79. The summed E-state index contributed by atoms with van der Waals surface area (Å²) in [5.74, 6) is -1.13. The first kappa shape index (κ1) is 15.3. The molecule has 1 aromatic carbocycles. The lowest BCUT2D eigenvalue weighted by atomic mass is 9.99. The van der Waals surface area contributed by atoms with Gasteiger partial charge in [0.15, 0.2) is 5.54 Å². The summed E-state index contributed by atoms with van der Waals surface area (Å²) in [4.78, 5) is 23.3. The highest BCUT2D eigenvalue weighted by Gasteiger charge is 2.44. The maximum Gasteiger partial charge on any atom is 0.332 e. The summed E-state index contributed by atoms with van der Waals surface area (Å²) >= 11 is 3.24. The van der Waals surface area contributed by atoms with E-state index >= 15 is 0 Å². The molecule has 7 nitrogen and oxygen atoms in total. The zero-order chi connectivity index (χ0) is 15.5. The van der Waals surface area contributed by atoms with Gasteiger partial charge in [-0.1, -0.05) is 0 Å². The molecule has 1 heterocycles. The molecule has 0 aliphatic carbocycles. The van der Waals surface area contributed by atoms with Crippen molar-refractivity contribution in [2.75, 3.05) is 18.5 Å². The largest absolute Gasteiger partial charge is 0.479 e. The number of carbonyl (C=O) groups is 2. The monoisotopic (exact) mass is 353 g/mol. The number of nitrogens with one attached hydrogen (secondary N) is 2. The van der Waals surface area contributed by atoms with E-state index in [4.69, 9.17) is 10.00 Å². The second-order valence-corrected chi connectivity index (χ2v) is 5.43. The maximum absolute atomic E-state index is 12.0. The maximum atomic E-state index is 12.0. The van der Waals surface area contributed by atoms with Gasteiger partial charge in [-0.15, -0.1) is 0 Å². The molecular formula is C13H12BrN3O4. The van der Waals surface area contributed by atoms with Gasteiger partial charge in [-0.05, 0) is 34.1 Å². The Morgan fingerprint density at radius 3 is 2.76 bits per heavy atom. The number of halogens is 1. The van der Waals surface area contributed by atoms with E-state index in [0.717, 1.165) is 0 Å². The number of carboxylic acid groups (broad SMARTS) is 1. The van der Waals surface area contributed by atoms with E-state index in [-0.39, 0.29) is 19.6 Å². The zero-order valence-electron chi connectivity index (χ0n) is 10.9.